The van der Waals surface area contributed by atoms with Crippen molar-refractivity contribution in [2.75, 3.05) is 0 Å². The molecule has 0 atom stereocenters. The van der Waals surface area contributed by atoms with E-state index in [2.05, 4.69) is 58.5 Å². The van der Waals surface area contributed by atoms with Crippen molar-refractivity contribution < 1.29 is 9.13 Å². The van der Waals surface area contributed by atoms with E-state index in [0.29, 0.717) is 13.2 Å². The van der Waals surface area contributed by atoms with Gasteiger partial charge in [-0.1, -0.05) is 57.9 Å². The fourth-order valence-electron chi connectivity index (χ4n) is 2.62. The molecule has 0 aliphatic heterocycles. The summed E-state index contributed by atoms with van der Waals surface area (Å²) in [6.45, 7) is 3.99. The number of benzene rings is 3. The molecule has 0 aromatic heterocycles. The predicted molar refractivity (Wildman–Crippen MR) is 114 cm³/mol. The summed E-state index contributed by atoms with van der Waals surface area (Å²) in [5, 5.41) is 3.46. The quantitative estimate of drug-likeness (QED) is 0.463. The molecule has 0 saturated heterocycles. The van der Waals surface area contributed by atoms with Crippen LogP contribution in [0.1, 0.15) is 22.3 Å². The minimum atomic E-state index is -0.238. The van der Waals surface area contributed by atoms with Crippen LogP contribution < -0.4 is 10.1 Å². The number of halogens is 3. The van der Waals surface area contributed by atoms with Gasteiger partial charge in [-0.15, -0.1) is 12.4 Å². The molecule has 5 heteroatoms. The summed E-state index contributed by atoms with van der Waals surface area (Å²) in [4.78, 5) is 0. The molecule has 3 rings (SSSR count). The summed E-state index contributed by atoms with van der Waals surface area (Å²) < 4.78 is 20.0. The maximum atomic E-state index is 13.0. The molecule has 0 aliphatic carbocycles. The van der Waals surface area contributed by atoms with Crippen molar-refractivity contribution in [3.8, 4) is 5.75 Å². The van der Waals surface area contributed by atoms with Crippen LogP contribution in [0.4, 0.5) is 4.39 Å². The Morgan fingerprint density at radius 3 is 2.26 bits per heavy atom. The van der Waals surface area contributed by atoms with Gasteiger partial charge in [0.25, 0.3) is 0 Å². The lowest BCUT2D eigenvalue weighted by Crippen LogP contribution is -2.13. The molecule has 0 unspecified atom stereocenters. The Kier molecular flexibility index (Phi) is 8.29. The van der Waals surface area contributed by atoms with Gasteiger partial charge in [0.2, 0.25) is 0 Å². The van der Waals surface area contributed by atoms with Gasteiger partial charge in [-0.05, 0) is 48.4 Å². The van der Waals surface area contributed by atoms with Gasteiger partial charge >= 0.3 is 0 Å². The zero-order valence-electron chi connectivity index (χ0n) is 15.0. The third-order valence-electron chi connectivity index (χ3n) is 4.10. The second kappa shape index (κ2) is 10.5. The van der Waals surface area contributed by atoms with Crippen molar-refractivity contribution in [2.24, 2.45) is 0 Å². The SMILES string of the molecule is Cc1ccc(CNCc2cc(Br)ccc2OCc2ccc(F)cc2)cc1.Cl. The van der Waals surface area contributed by atoms with E-state index in [9.17, 15) is 4.39 Å². The Morgan fingerprint density at radius 2 is 1.56 bits per heavy atom. The molecule has 27 heavy (non-hydrogen) atoms. The first-order valence-corrected chi connectivity index (χ1v) is 9.31. The van der Waals surface area contributed by atoms with E-state index in [0.717, 1.165) is 27.9 Å². The van der Waals surface area contributed by atoms with Crippen molar-refractivity contribution in [2.45, 2.75) is 26.6 Å². The Morgan fingerprint density at radius 1 is 0.889 bits per heavy atom. The number of ether oxygens (including phenoxy) is 1. The van der Waals surface area contributed by atoms with Crippen molar-refractivity contribution in [3.05, 3.63) is 99.3 Å². The highest BCUT2D eigenvalue weighted by molar-refractivity contribution is 9.10. The highest BCUT2D eigenvalue weighted by atomic mass is 79.9. The van der Waals surface area contributed by atoms with Gasteiger partial charge in [-0.2, -0.15) is 0 Å². The summed E-state index contributed by atoms with van der Waals surface area (Å²) in [7, 11) is 0. The molecule has 142 valence electrons. The van der Waals surface area contributed by atoms with E-state index in [1.807, 2.05) is 12.1 Å². The van der Waals surface area contributed by atoms with E-state index in [1.165, 1.54) is 23.3 Å². The molecule has 3 aromatic rings. The first kappa shape index (κ1) is 21.4. The van der Waals surface area contributed by atoms with E-state index < -0.39 is 0 Å². The van der Waals surface area contributed by atoms with Gasteiger partial charge in [0.15, 0.2) is 0 Å². The number of hydrogen-bond donors (Lipinski definition) is 1. The predicted octanol–water partition coefficient (Wildman–Crippen LogP) is 6.19. The highest BCUT2D eigenvalue weighted by Gasteiger charge is 2.06. The maximum Gasteiger partial charge on any atom is 0.124 e. The van der Waals surface area contributed by atoms with Crippen molar-refractivity contribution in [3.63, 3.8) is 0 Å². The molecule has 2 nitrogen and oxygen atoms in total. The summed E-state index contributed by atoms with van der Waals surface area (Å²) in [5.74, 6) is 0.590. The van der Waals surface area contributed by atoms with E-state index >= 15 is 0 Å². The molecule has 0 aliphatic rings. The molecule has 0 fully saturated rings. The number of hydrogen-bond acceptors (Lipinski definition) is 2. The summed E-state index contributed by atoms with van der Waals surface area (Å²) >= 11 is 3.52. The first-order chi connectivity index (χ1) is 12.6. The van der Waals surface area contributed by atoms with Gasteiger partial charge in [-0.3, -0.25) is 0 Å². The standard InChI is InChI=1S/C22H21BrFNO.ClH/c1-16-2-4-17(5-3-16)13-25-14-19-12-20(23)8-11-22(19)26-15-18-6-9-21(24)10-7-18;/h2-12,25H,13-15H2,1H3;1H. The molecular formula is C22H22BrClFNO. The lowest BCUT2D eigenvalue weighted by molar-refractivity contribution is 0.302. The van der Waals surface area contributed by atoms with Crippen LogP contribution in [0.25, 0.3) is 0 Å². The van der Waals surface area contributed by atoms with Crippen LogP contribution in [0.15, 0.2) is 71.2 Å². The second-order valence-corrected chi connectivity index (χ2v) is 7.17. The smallest absolute Gasteiger partial charge is 0.124 e. The lowest BCUT2D eigenvalue weighted by Gasteiger charge is -2.13. The van der Waals surface area contributed by atoms with Gasteiger partial charge in [0.1, 0.15) is 18.2 Å². The van der Waals surface area contributed by atoms with Crippen LogP contribution in [0.2, 0.25) is 0 Å². The lowest BCUT2D eigenvalue weighted by atomic mass is 10.1. The second-order valence-electron chi connectivity index (χ2n) is 6.26. The Bertz CT molecular complexity index is 853. The fraction of sp³-hybridized carbons (Fsp3) is 0.182. The number of nitrogens with one attached hydrogen (secondary N) is 1. The van der Waals surface area contributed by atoms with Gasteiger partial charge in [0, 0.05) is 23.1 Å². The van der Waals surface area contributed by atoms with Crippen LogP contribution in [-0.4, -0.2) is 0 Å². The van der Waals surface area contributed by atoms with Gasteiger partial charge in [-0.25, -0.2) is 4.39 Å². The molecule has 0 amide bonds. The largest absolute Gasteiger partial charge is 0.489 e. The zero-order chi connectivity index (χ0) is 18.4. The molecule has 0 spiro atoms. The summed E-state index contributed by atoms with van der Waals surface area (Å²) in [6.07, 6.45) is 0. The Labute approximate surface area is 174 Å². The van der Waals surface area contributed by atoms with Crippen LogP contribution in [0.3, 0.4) is 0 Å². The van der Waals surface area contributed by atoms with Crippen LogP contribution in [0.5, 0.6) is 5.75 Å². The molecule has 0 saturated carbocycles. The third kappa shape index (κ3) is 6.65. The minimum absolute atomic E-state index is 0. The summed E-state index contributed by atoms with van der Waals surface area (Å²) in [6, 6.07) is 20.9. The van der Waals surface area contributed by atoms with Crippen molar-refractivity contribution >= 4 is 28.3 Å². The van der Waals surface area contributed by atoms with E-state index in [-0.39, 0.29) is 18.2 Å². The Hall–Kier alpha value is -1.88. The third-order valence-corrected chi connectivity index (χ3v) is 4.59. The minimum Gasteiger partial charge on any atom is -0.489 e. The summed E-state index contributed by atoms with van der Waals surface area (Å²) in [5.41, 5.74) is 4.53. The van der Waals surface area contributed by atoms with Gasteiger partial charge < -0.3 is 10.1 Å². The average Bonchev–Trinajstić information content (AvgIpc) is 2.64. The molecular weight excluding hydrogens is 429 g/mol. The monoisotopic (exact) mass is 449 g/mol. The molecule has 3 aromatic carbocycles. The molecule has 1 N–H and O–H groups in total. The van der Waals surface area contributed by atoms with Crippen LogP contribution >= 0.6 is 28.3 Å². The van der Waals surface area contributed by atoms with Crippen molar-refractivity contribution in [1.29, 1.82) is 0 Å². The molecule has 0 radical (unpaired) electrons. The highest BCUT2D eigenvalue weighted by Crippen LogP contribution is 2.24. The fourth-order valence-corrected chi connectivity index (χ4v) is 3.02. The average molecular weight is 451 g/mol. The normalized spacial score (nSPS) is 10.3. The first-order valence-electron chi connectivity index (χ1n) is 8.52. The van der Waals surface area contributed by atoms with E-state index in [4.69, 9.17) is 4.74 Å². The maximum absolute atomic E-state index is 13.0. The van der Waals surface area contributed by atoms with Gasteiger partial charge in [0.05, 0.1) is 0 Å². The Balaban J connectivity index is 0.00000261. The zero-order valence-corrected chi connectivity index (χ0v) is 17.4. The number of aryl methyl sites for hydroxylation is 1. The molecule has 0 bridgehead atoms. The van der Waals surface area contributed by atoms with Crippen LogP contribution in [0, 0.1) is 12.7 Å². The number of rotatable bonds is 7. The molecule has 0 heterocycles. The topological polar surface area (TPSA) is 21.3 Å². The van der Waals surface area contributed by atoms with Crippen molar-refractivity contribution in [1.82, 2.24) is 5.32 Å². The van der Waals surface area contributed by atoms with E-state index in [1.54, 1.807) is 12.1 Å². The van der Waals surface area contributed by atoms with Crippen LogP contribution in [-0.2, 0) is 19.7 Å².